The van der Waals surface area contributed by atoms with Gasteiger partial charge in [0, 0.05) is 19.1 Å². The van der Waals surface area contributed by atoms with Crippen molar-refractivity contribution in [1.29, 1.82) is 0 Å². The van der Waals surface area contributed by atoms with E-state index < -0.39 is 0 Å². The van der Waals surface area contributed by atoms with E-state index in [-0.39, 0.29) is 0 Å². The van der Waals surface area contributed by atoms with E-state index >= 15 is 0 Å². The van der Waals surface area contributed by atoms with Crippen LogP contribution in [0.3, 0.4) is 0 Å². The van der Waals surface area contributed by atoms with Gasteiger partial charge in [0.2, 0.25) is 0 Å². The SMILES string of the molecule is CCCNC(CC)C1CN(C)CCO1. The number of hydrogen-bond donors (Lipinski definition) is 1. The molecule has 1 saturated heterocycles. The molecule has 0 aromatic heterocycles. The second-order valence-corrected chi connectivity index (χ2v) is 4.14. The van der Waals surface area contributed by atoms with Gasteiger partial charge in [-0.3, -0.25) is 0 Å². The zero-order valence-electron chi connectivity index (χ0n) is 9.75. The van der Waals surface area contributed by atoms with Gasteiger partial charge in [0.25, 0.3) is 0 Å². The Morgan fingerprint density at radius 1 is 1.50 bits per heavy atom. The lowest BCUT2D eigenvalue weighted by molar-refractivity contribution is -0.0390. The Labute approximate surface area is 87.8 Å². The van der Waals surface area contributed by atoms with E-state index in [1.807, 2.05) is 0 Å². The molecule has 1 fully saturated rings. The quantitative estimate of drug-likeness (QED) is 0.719. The average molecular weight is 200 g/mol. The lowest BCUT2D eigenvalue weighted by atomic mass is 10.1. The van der Waals surface area contributed by atoms with Crippen LogP contribution in [0, 0.1) is 0 Å². The van der Waals surface area contributed by atoms with Crippen LogP contribution < -0.4 is 5.32 Å². The number of nitrogens with one attached hydrogen (secondary N) is 1. The summed E-state index contributed by atoms with van der Waals surface area (Å²) in [4.78, 5) is 2.35. The normalized spacial score (nSPS) is 26.4. The van der Waals surface area contributed by atoms with Crippen molar-refractivity contribution in [2.75, 3.05) is 33.3 Å². The molecule has 0 bridgehead atoms. The van der Waals surface area contributed by atoms with Crippen LogP contribution in [0.2, 0.25) is 0 Å². The highest BCUT2D eigenvalue weighted by Crippen LogP contribution is 2.10. The Morgan fingerprint density at radius 2 is 2.29 bits per heavy atom. The number of hydrogen-bond acceptors (Lipinski definition) is 3. The van der Waals surface area contributed by atoms with Crippen LogP contribution in [0.15, 0.2) is 0 Å². The minimum atomic E-state index is 0.380. The van der Waals surface area contributed by atoms with Crippen molar-refractivity contribution in [3.05, 3.63) is 0 Å². The lowest BCUT2D eigenvalue weighted by Gasteiger charge is -2.35. The van der Waals surface area contributed by atoms with Crippen LogP contribution in [0.25, 0.3) is 0 Å². The van der Waals surface area contributed by atoms with Gasteiger partial charge in [-0.05, 0) is 26.4 Å². The maximum absolute atomic E-state index is 5.79. The van der Waals surface area contributed by atoms with Gasteiger partial charge >= 0.3 is 0 Å². The van der Waals surface area contributed by atoms with Crippen LogP contribution >= 0.6 is 0 Å². The third-order valence-corrected chi connectivity index (χ3v) is 2.84. The summed E-state index contributed by atoms with van der Waals surface area (Å²) in [5, 5.41) is 3.56. The van der Waals surface area contributed by atoms with E-state index in [0.717, 1.165) is 32.7 Å². The molecule has 3 heteroatoms. The van der Waals surface area contributed by atoms with Crippen LogP contribution in [-0.4, -0.2) is 50.3 Å². The molecular formula is C11H24N2O. The van der Waals surface area contributed by atoms with Crippen molar-refractivity contribution in [2.45, 2.75) is 38.8 Å². The summed E-state index contributed by atoms with van der Waals surface area (Å²) in [6, 6.07) is 0.526. The summed E-state index contributed by atoms with van der Waals surface area (Å²) in [6.45, 7) is 8.54. The summed E-state index contributed by atoms with van der Waals surface area (Å²) >= 11 is 0. The monoisotopic (exact) mass is 200 g/mol. The van der Waals surface area contributed by atoms with Crippen molar-refractivity contribution >= 4 is 0 Å². The van der Waals surface area contributed by atoms with Gasteiger partial charge in [0.05, 0.1) is 12.7 Å². The minimum Gasteiger partial charge on any atom is -0.374 e. The van der Waals surface area contributed by atoms with E-state index in [2.05, 4.69) is 31.1 Å². The molecule has 84 valence electrons. The zero-order valence-corrected chi connectivity index (χ0v) is 9.75. The van der Waals surface area contributed by atoms with Gasteiger partial charge in [-0.15, -0.1) is 0 Å². The summed E-state index contributed by atoms with van der Waals surface area (Å²) in [6.07, 6.45) is 2.72. The average Bonchev–Trinajstić information content (AvgIpc) is 2.19. The zero-order chi connectivity index (χ0) is 10.4. The van der Waals surface area contributed by atoms with Crippen molar-refractivity contribution in [3.63, 3.8) is 0 Å². The third kappa shape index (κ3) is 3.56. The van der Waals surface area contributed by atoms with Crippen LogP contribution in [-0.2, 0) is 4.74 Å². The minimum absolute atomic E-state index is 0.380. The first kappa shape index (κ1) is 12.0. The molecule has 0 saturated carbocycles. The van der Waals surface area contributed by atoms with Gasteiger partial charge in [-0.25, -0.2) is 0 Å². The van der Waals surface area contributed by atoms with Crippen molar-refractivity contribution in [2.24, 2.45) is 0 Å². The first-order valence-electron chi connectivity index (χ1n) is 5.81. The van der Waals surface area contributed by atoms with E-state index in [9.17, 15) is 0 Å². The fraction of sp³-hybridized carbons (Fsp3) is 1.00. The highest BCUT2D eigenvalue weighted by molar-refractivity contribution is 4.80. The molecule has 1 rings (SSSR count). The van der Waals surface area contributed by atoms with Gasteiger partial charge in [0.1, 0.15) is 0 Å². The van der Waals surface area contributed by atoms with E-state index in [4.69, 9.17) is 4.74 Å². The highest BCUT2D eigenvalue weighted by atomic mass is 16.5. The Morgan fingerprint density at radius 3 is 2.86 bits per heavy atom. The standard InChI is InChI=1S/C11H24N2O/c1-4-6-12-10(5-2)11-9-13(3)7-8-14-11/h10-12H,4-9H2,1-3H3. The molecule has 3 nitrogen and oxygen atoms in total. The third-order valence-electron chi connectivity index (χ3n) is 2.84. The molecule has 0 radical (unpaired) electrons. The fourth-order valence-electron chi connectivity index (χ4n) is 1.92. The van der Waals surface area contributed by atoms with E-state index in [1.165, 1.54) is 6.42 Å². The van der Waals surface area contributed by atoms with E-state index in [0.29, 0.717) is 12.1 Å². The predicted molar refractivity (Wildman–Crippen MR) is 59.6 cm³/mol. The molecule has 0 aliphatic carbocycles. The van der Waals surface area contributed by atoms with E-state index in [1.54, 1.807) is 0 Å². The maximum atomic E-state index is 5.79. The molecule has 2 atom stereocenters. The first-order chi connectivity index (χ1) is 6.77. The lowest BCUT2D eigenvalue weighted by Crippen LogP contribution is -2.51. The Bertz CT molecular complexity index is 152. The van der Waals surface area contributed by atoms with Crippen molar-refractivity contribution in [1.82, 2.24) is 10.2 Å². The first-order valence-corrected chi connectivity index (χ1v) is 5.81. The molecule has 1 heterocycles. The van der Waals surface area contributed by atoms with Crippen LogP contribution in [0.4, 0.5) is 0 Å². The molecule has 1 N–H and O–H groups in total. The topological polar surface area (TPSA) is 24.5 Å². The summed E-state index contributed by atoms with van der Waals surface area (Å²) in [7, 11) is 2.17. The smallest absolute Gasteiger partial charge is 0.0855 e. The molecule has 1 aliphatic rings. The summed E-state index contributed by atoms with van der Waals surface area (Å²) in [5.41, 5.74) is 0. The van der Waals surface area contributed by atoms with Crippen LogP contribution in [0.1, 0.15) is 26.7 Å². The summed E-state index contributed by atoms with van der Waals surface area (Å²) in [5.74, 6) is 0. The predicted octanol–water partition coefficient (Wildman–Crippen LogP) is 1.10. The highest BCUT2D eigenvalue weighted by Gasteiger charge is 2.24. The molecule has 0 aromatic carbocycles. The molecule has 0 amide bonds. The van der Waals surface area contributed by atoms with Gasteiger partial charge in [-0.1, -0.05) is 13.8 Å². The fourth-order valence-corrected chi connectivity index (χ4v) is 1.92. The number of morpholine rings is 1. The molecule has 0 aromatic rings. The Balaban J connectivity index is 2.34. The van der Waals surface area contributed by atoms with Gasteiger partial charge < -0.3 is 15.0 Å². The largest absolute Gasteiger partial charge is 0.374 e. The number of likely N-dealkylation sites (N-methyl/N-ethyl adjacent to an activating group) is 1. The van der Waals surface area contributed by atoms with Gasteiger partial charge in [-0.2, -0.15) is 0 Å². The summed E-state index contributed by atoms with van der Waals surface area (Å²) < 4.78 is 5.79. The second-order valence-electron chi connectivity index (χ2n) is 4.14. The maximum Gasteiger partial charge on any atom is 0.0855 e. The molecule has 14 heavy (non-hydrogen) atoms. The number of ether oxygens (including phenoxy) is 1. The van der Waals surface area contributed by atoms with Crippen molar-refractivity contribution < 1.29 is 4.74 Å². The Hall–Kier alpha value is -0.120. The van der Waals surface area contributed by atoms with Crippen LogP contribution in [0.5, 0.6) is 0 Å². The molecule has 1 aliphatic heterocycles. The molecular weight excluding hydrogens is 176 g/mol. The number of nitrogens with zero attached hydrogens (tertiary/aromatic N) is 1. The molecule has 2 unspecified atom stereocenters. The Kier molecular flexibility index (Phi) is 5.45. The second kappa shape index (κ2) is 6.38. The van der Waals surface area contributed by atoms with Crippen molar-refractivity contribution in [3.8, 4) is 0 Å². The molecule has 0 spiro atoms. The number of rotatable bonds is 5. The van der Waals surface area contributed by atoms with Gasteiger partial charge in [0.15, 0.2) is 0 Å².